The van der Waals surface area contributed by atoms with Gasteiger partial charge in [-0.05, 0) is 79.6 Å². The predicted molar refractivity (Wildman–Crippen MR) is 148 cm³/mol. The van der Waals surface area contributed by atoms with Gasteiger partial charge in [-0.2, -0.15) is 26.3 Å². The van der Waals surface area contributed by atoms with Crippen LogP contribution in [0.1, 0.15) is 56.2 Å². The lowest BCUT2D eigenvalue weighted by atomic mass is 9.46. The van der Waals surface area contributed by atoms with Gasteiger partial charge in [0, 0.05) is 11.8 Å². The molecule has 2 fully saturated rings. The van der Waals surface area contributed by atoms with Gasteiger partial charge >= 0.3 is 12.4 Å². The molecule has 0 radical (unpaired) electrons. The standard InChI is InChI=1S/C33H27F6NO5/c1-14-15(2)28(43)31(3)24(27(14)42)13-23-21(26(31)16-4-6-20(41)7-5-16)8-9-22-25(23)30(45)40(29(22)44)19-11-17(32(34,35)36)10-18(12-19)33(37,38)39/h4-8,10-12,22-26,41H,9,13H2,1-3H3/t22-,23+,24-,25-,26-,31+/m0/s1. The summed E-state index contributed by atoms with van der Waals surface area (Å²) in [5.74, 6) is -7.26. The second kappa shape index (κ2) is 9.89. The van der Waals surface area contributed by atoms with Gasteiger partial charge in [0.15, 0.2) is 11.6 Å². The van der Waals surface area contributed by atoms with Crippen LogP contribution in [-0.2, 0) is 31.5 Å². The number of phenolic OH excluding ortho intramolecular Hbond substituents is 1. The quantitative estimate of drug-likeness (QED) is 0.224. The molecule has 4 aliphatic rings. The first-order valence-electron chi connectivity index (χ1n) is 14.3. The van der Waals surface area contributed by atoms with E-state index in [1.165, 1.54) is 19.1 Å². The molecule has 0 aromatic heterocycles. The van der Waals surface area contributed by atoms with Gasteiger partial charge in [0.2, 0.25) is 11.8 Å². The Labute approximate surface area is 253 Å². The van der Waals surface area contributed by atoms with Gasteiger partial charge in [-0.25, -0.2) is 4.90 Å². The number of hydrogen-bond acceptors (Lipinski definition) is 5. The van der Waals surface area contributed by atoms with Crippen LogP contribution in [0.3, 0.4) is 0 Å². The van der Waals surface area contributed by atoms with E-state index in [9.17, 15) is 50.6 Å². The fourth-order valence-corrected chi connectivity index (χ4v) is 7.95. The van der Waals surface area contributed by atoms with Crippen LogP contribution in [0.5, 0.6) is 5.75 Å². The van der Waals surface area contributed by atoms with Crippen molar-refractivity contribution in [2.75, 3.05) is 4.90 Å². The van der Waals surface area contributed by atoms with Crippen LogP contribution in [-0.4, -0.2) is 28.5 Å². The number of benzene rings is 2. The van der Waals surface area contributed by atoms with Gasteiger partial charge in [0.05, 0.1) is 34.1 Å². The zero-order valence-electron chi connectivity index (χ0n) is 24.2. The molecule has 0 unspecified atom stereocenters. The molecule has 12 heteroatoms. The lowest BCUT2D eigenvalue weighted by molar-refractivity contribution is -0.143. The zero-order valence-corrected chi connectivity index (χ0v) is 24.2. The van der Waals surface area contributed by atoms with Crippen molar-refractivity contribution in [2.24, 2.45) is 29.1 Å². The molecule has 236 valence electrons. The second-order valence-electron chi connectivity index (χ2n) is 12.5. The number of Topliss-reactive ketones (excluding diaryl/α,β-unsaturated/α-hetero) is 2. The highest BCUT2D eigenvalue weighted by molar-refractivity contribution is 6.22. The molecular weight excluding hydrogens is 604 g/mol. The number of fused-ring (bicyclic) bond motifs is 4. The van der Waals surface area contributed by atoms with E-state index in [1.807, 2.05) is 0 Å². The van der Waals surface area contributed by atoms with E-state index >= 15 is 0 Å². The van der Waals surface area contributed by atoms with E-state index in [0.717, 1.165) is 0 Å². The van der Waals surface area contributed by atoms with Gasteiger partial charge in [0.1, 0.15) is 5.75 Å². The first-order chi connectivity index (χ1) is 20.9. The molecule has 0 bridgehead atoms. The molecule has 3 aliphatic carbocycles. The van der Waals surface area contributed by atoms with Crippen LogP contribution in [0.2, 0.25) is 0 Å². The van der Waals surface area contributed by atoms with E-state index in [-0.39, 0.29) is 41.8 Å². The van der Waals surface area contributed by atoms with Crippen molar-refractivity contribution in [3.63, 3.8) is 0 Å². The molecule has 1 saturated carbocycles. The average molecular weight is 632 g/mol. The summed E-state index contributed by atoms with van der Waals surface area (Å²) in [6.07, 6.45) is -8.73. The topological polar surface area (TPSA) is 91.8 Å². The summed E-state index contributed by atoms with van der Waals surface area (Å²) in [5.41, 5.74) is -3.71. The molecule has 45 heavy (non-hydrogen) atoms. The van der Waals surface area contributed by atoms with Crippen LogP contribution in [0.4, 0.5) is 32.0 Å². The van der Waals surface area contributed by atoms with E-state index < -0.39 is 76.0 Å². The number of halogens is 6. The normalized spacial score (nSPS) is 30.3. The second-order valence-corrected chi connectivity index (χ2v) is 12.5. The molecule has 2 aromatic carbocycles. The average Bonchev–Trinajstić information content (AvgIpc) is 3.23. The molecular formula is C33H27F6NO5. The van der Waals surface area contributed by atoms with Crippen molar-refractivity contribution in [3.05, 3.63) is 82.0 Å². The number of imide groups is 1. The van der Waals surface area contributed by atoms with Gasteiger partial charge < -0.3 is 5.11 Å². The highest BCUT2D eigenvalue weighted by Crippen LogP contribution is 2.63. The Morgan fingerprint density at radius 2 is 1.40 bits per heavy atom. The third-order valence-corrected chi connectivity index (χ3v) is 10.2. The number of hydrogen-bond donors (Lipinski definition) is 1. The molecule has 6 rings (SSSR count). The highest BCUT2D eigenvalue weighted by atomic mass is 19.4. The van der Waals surface area contributed by atoms with E-state index in [1.54, 1.807) is 32.1 Å². The van der Waals surface area contributed by atoms with E-state index in [2.05, 4.69) is 0 Å². The summed E-state index contributed by atoms with van der Waals surface area (Å²) in [6.45, 7) is 4.80. The number of ketones is 2. The number of carbonyl (C=O) groups is 4. The minimum atomic E-state index is -5.19. The molecule has 1 aliphatic heterocycles. The largest absolute Gasteiger partial charge is 0.508 e. The number of amides is 2. The van der Waals surface area contributed by atoms with Gasteiger partial charge in [-0.3, -0.25) is 19.2 Å². The minimum Gasteiger partial charge on any atom is -0.508 e. The number of aromatic hydroxyl groups is 1. The lowest BCUT2D eigenvalue weighted by Crippen LogP contribution is -2.55. The summed E-state index contributed by atoms with van der Waals surface area (Å²) < 4.78 is 81.9. The summed E-state index contributed by atoms with van der Waals surface area (Å²) in [6, 6.07) is 6.68. The number of anilines is 1. The summed E-state index contributed by atoms with van der Waals surface area (Å²) >= 11 is 0. The molecule has 6 atom stereocenters. The third-order valence-electron chi connectivity index (χ3n) is 10.2. The van der Waals surface area contributed by atoms with E-state index in [0.29, 0.717) is 33.7 Å². The lowest BCUT2D eigenvalue weighted by Gasteiger charge is -2.54. The van der Waals surface area contributed by atoms with Crippen molar-refractivity contribution >= 4 is 29.1 Å². The van der Waals surface area contributed by atoms with Crippen molar-refractivity contribution < 1.29 is 50.6 Å². The van der Waals surface area contributed by atoms with E-state index in [4.69, 9.17) is 0 Å². The van der Waals surface area contributed by atoms with Crippen molar-refractivity contribution in [3.8, 4) is 5.75 Å². The first-order valence-corrected chi connectivity index (χ1v) is 14.3. The SMILES string of the molecule is CC1=C(C)C(=O)[C@@]2(C)[C@@H](c3ccc(O)cc3)C3=CC[C@@H]4C(=O)N(c5cc(C(F)(F)F)cc(C(F)(F)F)c5)C(=O)[C@@H]4[C@@H]3C[C@H]2C1=O. The van der Waals surface area contributed by atoms with Crippen molar-refractivity contribution in [2.45, 2.75) is 51.9 Å². The van der Waals surface area contributed by atoms with Crippen LogP contribution in [0.25, 0.3) is 0 Å². The first kappa shape index (κ1) is 30.8. The number of rotatable bonds is 2. The summed E-state index contributed by atoms with van der Waals surface area (Å²) in [4.78, 5) is 55.8. The van der Waals surface area contributed by atoms with Crippen LogP contribution >= 0.6 is 0 Å². The maximum Gasteiger partial charge on any atom is 0.416 e. The zero-order chi connectivity index (χ0) is 33.0. The molecule has 2 aromatic rings. The third kappa shape index (κ3) is 4.46. The Balaban J connectivity index is 1.49. The Bertz CT molecular complexity index is 1700. The Morgan fingerprint density at radius 1 is 0.822 bits per heavy atom. The number of phenols is 1. The number of carbonyl (C=O) groups excluding carboxylic acids is 4. The maximum atomic E-state index is 14.0. The minimum absolute atomic E-state index is 0.0173. The fourth-order valence-electron chi connectivity index (χ4n) is 7.95. The predicted octanol–water partition coefficient (Wildman–Crippen LogP) is 6.78. The monoisotopic (exact) mass is 631 g/mol. The Hall–Kier alpha value is -4.22. The Kier molecular flexibility index (Phi) is 6.77. The highest BCUT2D eigenvalue weighted by Gasteiger charge is 2.64. The number of allylic oxidation sites excluding steroid dienone is 4. The van der Waals surface area contributed by atoms with Gasteiger partial charge in [-0.1, -0.05) is 30.7 Å². The van der Waals surface area contributed by atoms with Crippen molar-refractivity contribution in [1.82, 2.24) is 0 Å². The smallest absolute Gasteiger partial charge is 0.416 e. The van der Waals surface area contributed by atoms with Gasteiger partial charge in [0.25, 0.3) is 0 Å². The van der Waals surface area contributed by atoms with Gasteiger partial charge in [-0.15, -0.1) is 0 Å². The number of alkyl halides is 6. The maximum absolute atomic E-state index is 14.0. The Morgan fingerprint density at radius 3 is 1.96 bits per heavy atom. The number of nitrogens with zero attached hydrogens (tertiary/aromatic N) is 1. The van der Waals surface area contributed by atoms with Crippen LogP contribution in [0, 0.1) is 29.1 Å². The molecule has 1 heterocycles. The van der Waals surface area contributed by atoms with Crippen LogP contribution in [0.15, 0.2) is 65.3 Å². The molecule has 2 amide bonds. The summed E-state index contributed by atoms with van der Waals surface area (Å²) in [5, 5.41) is 9.95. The fraction of sp³-hybridized carbons (Fsp3) is 0.394. The van der Waals surface area contributed by atoms with Crippen LogP contribution < -0.4 is 4.90 Å². The molecule has 1 saturated heterocycles. The molecule has 6 nitrogen and oxygen atoms in total. The summed E-state index contributed by atoms with van der Waals surface area (Å²) in [7, 11) is 0. The molecule has 1 N–H and O–H groups in total. The van der Waals surface area contributed by atoms with Crippen molar-refractivity contribution in [1.29, 1.82) is 0 Å². The molecule has 0 spiro atoms.